The lowest BCUT2D eigenvalue weighted by atomic mass is 10.1. The number of halogens is 2. The van der Waals surface area contributed by atoms with Crippen molar-refractivity contribution in [1.82, 2.24) is 5.32 Å². The zero-order valence-corrected chi connectivity index (χ0v) is 13.2. The van der Waals surface area contributed by atoms with Gasteiger partial charge in [-0.15, -0.1) is 0 Å². The second kappa shape index (κ2) is 8.64. The molecule has 0 radical (unpaired) electrons. The summed E-state index contributed by atoms with van der Waals surface area (Å²) in [6, 6.07) is 4.65. The number of nitrogens with one attached hydrogen (secondary N) is 1. The van der Waals surface area contributed by atoms with Crippen molar-refractivity contribution in [2.75, 3.05) is 20.3 Å². The van der Waals surface area contributed by atoms with Crippen LogP contribution in [0.2, 0.25) is 0 Å². The molecule has 1 aromatic carbocycles. The molecule has 5 heteroatoms. The van der Waals surface area contributed by atoms with Crippen molar-refractivity contribution in [3.8, 4) is 0 Å². The second-order valence-corrected chi connectivity index (χ2v) is 4.97. The molecular formula is C14H21BrFNO2. The van der Waals surface area contributed by atoms with Crippen molar-refractivity contribution in [3.05, 3.63) is 34.1 Å². The molecule has 0 aromatic heterocycles. The summed E-state index contributed by atoms with van der Waals surface area (Å²) < 4.78 is 25.4. The van der Waals surface area contributed by atoms with E-state index < -0.39 is 0 Å². The molecule has 1 atom stereocenters. The summed E-state index contributed by atoms with van der Waals surface area (Å²) in [4.78, 5) is 0. The molecule has 3 nitrogen and oxygen atoms in total. The van der Waals surface area contributed by atoms with E-state index in [0.29, 0.717) is 19.6 Å². The number of benzene rings is 1. The Morgan fingerprint density at radius 3 is 2.42 bits per heavy atom. The van der Waals surface area contributed by atoms with Gasteiger partial charge < -0.3 is 14.8 Å². The van der Waals surface area contributed by atoms with Crippen LogP contribution in [0.1, 0.15) is 19.4 Å². The Labute approximate surface area is 122 Å². The van der Waals surface area contributed by atoms with Gasteiger partial charge in [0.25, 0.3) is 0 Å². The van der Waals surface area contributed by atoms with Gasteiger partial charge in [0.15, 0.2) is 6.29 Å². The Bertz CT molecular complexity index is 384. The first-order chi connectivity index (χ1) is 9.12. The topological polar surface area (TPSA) is 30.5 Å². The molecule has 0 aliphatic heterocycles. The van der Waals surface area contributed by atoms with Crippen molar-refractivity contribution in [2.45, 2.75) is 32.6 Å². The van der Waals surface area contributed by atoms with Gasteiger partial charge in [-0.25, -0.2) is 4.39 Å². The summed E-state index contributed by atoms with van der Waals surface area (Å²) in [5.74, 6) is -0.238. The first kappa shape index (κ1) is 16.6. The van der Waals surface area contributed by atoms with Gasteiger partial charge in [0.1, 0.15) is 5.82 Å². The highest BCUT2D eigenvalue weighted by Crippen LogP contribution is 2.21. The fourth-order valence-electron chi connectivity index (χ4n) is 1.88. The van der Waals surface area contributed by atoms with E-state index in [1.54, 1.807) is 6.07 Å². The zero-order valence-electron chi connectivity index (χ0n) is 11.6. The molecule has 0 saturated heterocycles. The van der Waals surface area contributed by atoms with E-state index >= 15 is 0 Å². The molecule has 0 fully saturated rings. The normalized spacial score (nSPS) is 12.9. The molecule has 1 unspecified atom stereocenters. The Balaban J connectivity index is 2.81. The molecule has 0 bridgehead atoms. The van der Waals surface area contributed by atoms with E-state index in [1.165, 1.54) is 12.1 Å². The molecule has 0 saturated carbocycles. The van der Waals surface area contributed by atoms with E-state index in [0.717, 1.165) is 10.0 Å². The van der Waals surface area contributed by atoms with Gasteiger partial charge in [-0.05, 0) is 51.1 Å². The minimum atomic E-state index is -0.338. The number of likely N-dealkylation sites (N-methyl/N-ethyl adjacent to an activating group) is 1. The van der Waals surface area contributed by atoms with Crippen molar-refractivity contribution in [1.29, 1.82) is 0 Å². The van der Waals surface area contributed by atoms with E-state index in [9.17, 15) is 4.39 Å². The van der Waals surface area contributed by atoms with E-state index in [4.69, 9.17) is 9.47 Å². The summed E-state index contributed by atoms with van der Waals surface area (Å²) in [5.41, 5.74) is 0.892. The fraction of sp³-hybridized carbons (Fsp3) is 0.571. The van der Waals surface area contributed by atoms with Crippen LogP contribution in [0.5, 0.6) is 0 Å². The molecule has 0 heterocycles. The average Bonchev–Trinajstić information content (AvgIpc) is 2.39. The largest absolute Gasteiger partial charge is 0.351 e. The summed E-state index contributed by atoms with van der Waals surface area (Å²) >= 11 is 3.44. The number of hydrogen-bond donors (Lipinski definition) is 1. The van der Waals surface area contributed by atoms with E-state index in [-0.39, 0.29) is 18.1 Å². The summed E-state index contributed by atoms with van der Waals surface area (Å²) in [7, 11) is 1.85. The van der Waals surface area contributed by atoms with Crippen LogP contribution in [0.25, 0.3) is 0 Å². The molecule has 0 spiro atoms. The predicted octanol–water partition coefficient (Wildman–Crippen LogP) is 3.12. The summed E-state index contributed by atoms with van der Waals surface area (Å²) in [6.45, 7) is 5.01. The van der Waals surface area contributed by atoms with Crippen LogP contribution in [-0.2, 0) is 15.9 Å². The van der Waals surface area contributed by atoms with E-state index in [1.807, 2.05) is 20.9 Å². The van der Waals surface area contributed by atoms with Gasteiger partial charge in [-0.1, -0.05) is 15.9 Å². The Morgan fingerprint density at radius 1 is 1.26 bits per heavy atom. The monoisotopic (exact) mass is 333 g/mol. The van der Waals surface area contributed by atoms with Gasteiger partial charge >= 0.3 is 0 Å². The highest BCUT2D eigenvalue weighted by molar-refractivity contribution is 9.10. The lowest BCUT2D eigenvalue weighted by Crippen LogP contribution is -2.43. The Kier molecular flexibility index (Phi) is 7.53. The van der Waals surface area contributed by atoms with Crippen LogP contribution in [0.4, 0.5) is 4.39 Å². The van der Waals surface area contributed by atoms with Gasteiger partial charge in [-0.3, -0.25) is 0 Å². The van der Waals surface area contributed by atoms with Crippen molar-refractivity contribution in [3.63, 3.8) is 0 Å². The summed E-state index contributed by atoms with van der Waals surface area (Å²) in [6.07, 6.45) is 0.287. The first-order valence-corrected chi connectivity index (χ1v) is 7.26. The van der Waals surface area contributed by atoms with Crippen molar-refractivity contribution >= 4 is 15.9 Å². The van der Waals surface area contributed by atoms with Crippen LogP contribution >= 0.6 is 15.9 Å². The number of ether oxygens (including phenoxy) is 2. The number of rotatable bonds is 8. The van der Waals surface area contributed by atoms with Gasteiger partial charge in [0.2, 0.25) is 0 Å². The Morgan fingerprint density at radius 2 is 1.89 bits per heavy atom. The maximum atomic E-state index is 13.3. The molecule has 0 amide bonds. The lowest BCUT2D eigenvalue weighted by molar-refractivity contribution is -0.152. The third kappa shape index (κ3) is 5.18. The van der Waals surface area contributed by atoms with Gasteiger partial charge in [0, 0.05) is 17.7 Å². The lowest BCUT2D eigenvalue weighted by Gasteiger charge is -2.26. The van der Waals surface area contributed by atoms with Crippen LogP contribution in [0.3, 0.4) is 0 Å². The quantitative estimate of drug-likeness (QED) is 0.741. The summed E-state index contributed by atoms with van der Waals surface area (Å²) in [5, 5.41) is 3.17. The Hall–Kier alpha value is -0.490. The molecule has 0 aliphatic carbocycles. The van der Waals surface area contributed by atoms with Crippen LogP contribution in [0, 0.1) is 5.82 Å². The molecule has 1 aromatic rings. The van der Waals surface area contributed by atoms with Gasteiger partial charge in [-0.2, -0.15) is 0 Å². The smallest absolute Gasteiger partial charge is 0.172 e. The minimum absolute atomic E-state index is 0.0296. The standard InChI is InChI=1S/C14H21BrFNO2/c1-4-18-14(19-5-2)13(17-3)9-10-8-11(16)6-7-12(10)15/h6-8,13-14,17H,4-5,9H2,1-3H3. The second-order valence-electron chi connectivity index (χ2n) is 4.11. The number of hydrogen-bond acceptors (Lipinski definition) is 3. The van der Waals surface area contributed by atoms with Crippen LogP contribution in [-0.4, -0.2) is 32.6 Å². The highest BCUT2D eigenvalue weighted by atomic mass is 79.9. The molecular weight excluding hydrogens is 313 g/mol. The zero-order chi connectivity index (χ0) is 14.3. The van der Waals surface area contributed by atoms with Crippen LogP contribution < -0.4 is 5.32 Å². The maximum absolute atomic E-state index is 13.3. The fourth-order valence-corrected chi connectivity index (χ4v) is 2.29. The van der Waals surface area contributed by atoms with Crippen LogP contribution in [0.15, 0.2) is 22.7 Å². The SMILES string of the molecule is CCOC(OCC)C(Cc1cc(F)ccc1Br)NC. The minimum Gasteiger partial charge on any atom is -0.351 e. The molecule has 1 rings (SSSR count). The van der Waals surface area contributed by atoms with Crippen molar-refractivity contribution < 1.29 is 13.9 Å². The molecule has 19 heavy (non-hydrogen) atoms. The third-order valence-corrected chi connectivity index (χ3v) is 3.58. The molecule has 108 valence electrons. The molecule has 1 N–H and O–H groups in total. The van der Waals surface area contributed by atoms with Crippen molar-refractivity contribution in [2.24, 2.45) is 0 Å². The predicted molar refractivity (Wildman–Crippen MR) is 77.7 cm³/mol. The maximum Gasteiger partial charge on any atom is 0.172 e. The first-order valence-electron chi connectivity index (χ1n) is 6.46. The molecule has 0 aliphatic rings. The average molecular weight is 334 g/mol. The van der Waals surface area contributed by atoms with Gasteiger partial charge in [0.05, 0.1) is 6.04 Å². The van der Waals surface area contributed by atoms with E-state index in [2.05, 4.69) is 21.2 Å². The highest BCUT2D eigenvalue weighted by Gasteiger charge is 2.22. The third-order valence-electron chi connectivity index (χ3n) is 2.81.